The molecule has 3 rings (SSSR count). The molecule has 0 saturated heterocycles. The van der Waals surface area contributed by atoms with Gasteiger partial charge in [-0.1, -0.05) is 0 Å². The number of hydrogen-bond donors (Lipinski definition) is 2. The SMILES string of the molecule is O=C1COc2cc(Oc3ccc(O)cc3)ccc2N1. The van der Waals surface area contributed by atoms with Crippen molar-refractivity contribution in [1.29, 1.82) is 0 Å². The minimum absolute atomic E-state index is 0.00959. The third-order valence-electron chi connectivity index (χ3n) is 2.66. The maximum absolute atomic E-state index is 11.1. The molecular formula is C14H11NO4. The van der Waals surface area contributed by atoms with Crippen LogP contribution in [-0.4, -0.2) is 17.6 Å². The number of carbonyl (C=O) groups excluding carboxylic acids is 1. The first-order valence-electron chi connectivity index (χ1n) is 5.74. The van der Waals surface area contributed by atoms with Crippen LogP contribution in [0.5, 0.6) is 23.0 Å². The molecule has 0 aliphatic carbocycles. The normalized spacial score (nSPS) is 13.2. The minimum Gasteiger partial charge on any atom is -0.508 e. The topological polar surface area (TPSA) is 67.8 Å². The summed E-state index contributed by atoms with van der Waals surface area (Å²) >= 11 is 0. The number of phenolic OH excluding ortho intramolecular Hbond substituents is 1. The Morgan fingerprint density at radius 2 is 1.84 bits per heavy atom. The van der Waals surface area contributed by atoms with Crippen LogP contribution in [0, 0.1) is 0 Å². The lowest BCUT2D eigenvalue weighted by molar-refractivity contribution is -0.118. The summed E-state index contributed by atoms with van der Waals surface area (Å²) in [7, 11) is 0. The second-order valence-corrected chi connectivity index (χ2v) is 4.09. The molecule has 5 heteroatoms. The maximum atomic E-state index is 11.1. The molecule has 1 heterocycles. The number of fused-ring (bicyclic) bond motifs is 1. The van der Waals surface area contributed by atoms with E-state index in [1.165, 1.54) is 0 Å². The minimum atomic E-state index is -0.167. The molecule has 19 heavy (non-hydrogen) atoms. The lowest BCUT2D eigenvalue weighted by atomic mass is 10.2. The Morgan fingerprint density at radius 3 is 2.63 bits per heavy atom. The molecule has 1 amide bonds. The zero-order valence-corrected chi connectivity index (χ0v) is 9.92. The molecule has 2 N–H and O–H groups in total. The Kier molecular flexibility index (Phi) is 2.72. The number of amides is 1. The number of anilines is 1. The van der Waals surface area contributed by atoms with Crippen molar-refractivity contribution in [3.8, 4) is 23.0 Å². The molecule has 0 radical (unpaired) electrons. The van der Waals surface area contributed by atoms with Crippen LogP contribution in [0.1, 0.15) is 0 Å². The van der Waals surface area contributed by atoms with Crippen molar-refractivity contribution in [3.63, 3.8) is 0 Å². The van der Waals surface area contributed by atoms with Crippen molar-refractivity contribution in [2.24, 2.45) is 0 Å². The summed E-state index contributed by atoms with van der Waals surface area (Å²) in [6.07, 6.45) is 0. The molecule has 0 saturated carbocycles. The van der Waals surface area contributed by atoms with Crippen molar-refractivity contribution < 1.29 is 19.4 Å². The lowest BCUT2D eigenvalue weighted by Gasteiger charge is -2.18. The van der Waals surface area contributed by atoms with Crippen LogP contribution in [0.25, 0.3) is 0 Å². The molecule has 0 bridgehead atoms. The summed E-state index contributed by atoms with van der Waals surface area (Å²) in [5.41, 5.74) is 0.634. The largest absolute Gasteiger partial charge is 0.508 e. The number of phenols is 1. The van der Waals surface area contributed by atoms with Gasteiger partial charge in [0.15, 0.2) is 6.61 Å². The van der Waals surface area contributed by atoms with Gasteiger partial charge in [-0.15, -0.1) is 0 Å². The fourth-order valence-corrected chi connectivity index (χ4v) is 1.77. The van der Waals surface area contributed by atoms with E-state index in [9.17, 15) is 9.90 Å². The highest BCUT2D eigenvalue weighted by molar-refractivity contribution is 5.95. The van der Waals surface area contributed by atoms with Crippen LogP contribution in [0.2, 0.25) is 0 Å². The quantitative estimate of drug-likeness (QED) is 0.867. The molecular weight excluding hydrogens is 246 g/mol. The highest BCUT2D eigenvalue weighted by Crippen LogP contribution is 2.33. The Morgan fingerprint density at radius 1 is 1.11 bits per heavy atom. The smallest absolute Gasteiger partial charge is 0.262 e. The third-order valence-corrected chi connectivity index (χ3v) is 2.66. The van der Waals surface area contributed by atoms with Crippen molar-refractivity contribution in [2.75, 3.05) is 11.9 Å². The molecule has 0 spiro atoms. The Labute approximate surface area is 109 Å². The van der Waals surface area contributed by atoms with E-state index >= 15 is 0 Å². The maximum Gasteiger partial charge on any atom is 0.262 e. The average molecular weight is 257 g/mol. The van der Waals surface area contributed by atoms with Gasteiger partial charge in [-0.3, -0.25) is 4.79 Å². The van der Waals surface area contributed by atoms with E-state index in [1.54, 1.807) is 42.5 Å². The third kappa shape index (κ3) is 2.44. The van der Waals surface area contributed by atoms with Crippen LogP contribution in [0.3, 0.4) is 0 Å². The molecule has 2 aromatic carbocycles. The van der Waals surface area contributed by atoms with E-state index in [2.05, 4.69) is 5.32 Å². The summed E-state index contributed by atoms with van der Waals surface area (Å²) in [5.74, 6) is 1.80. The summed E-state index contributed by atoms with van der Waals surface area (Å²) in [4.78, 5) is 11.1. The van der Waals surface area contributed by atoms with E-state index in [4.69, 9.17) is 9.47 Å². The van der Waals surface area contributed by atoms with E-state index < -0.39 is 0 Å². The fraction of sp³-hybridized carbons (Fsp3) is 0.0714. The van der Waals surface area contributed by atoms with Crippen molar-refractivity contribution in [3.05, 3.63) is 42.5 Å². The molecule has 5 nitrogen and oxygen atoms in total. The Balaban J connectivity index is 1.82. The highest BCUT2D eigenvalue weighted by atomic mass is 16.5. The van der Waals surface area contributed by atoms with Crippen LogP contribution in [0.4, 0.5) is 5.69 Å². The molecule has 0 unspecified atom stereocenters. The van der Waals surface area contributed by atoms with E-state index in [0.29, 0.717) is 22.9 Å². The fourth-order valence-electron chi connectivity index (χ4n) is 1.77. The standard InChI is InChI=1S/C14H11NO4/c16-9-1-3-10(4-2-9)19-11-5-6-12-13(7-11)18-8-14(17)15-12/h1-7,16H,8H2,(H,15,17). The van der Waals surface area contributed by atoms with Crippen molar-refractivity contribution in [2.45, 2.75) is 0 Å². The Hall–Kier alpha value is -2.69. The summed E-state index contributed by atoms with van der Waals surface area (Å²) in [6.45, 7) is 0.00959. The number of aromatic hydroxyl groups is 1. The second kappa shape index (κ2) is 4.53. The monoisotopic (exact) mass is 257 g/mol. The first-order valence-corrected chi connectivity index (χ1v) is 5.74. The molecule has 0 aromatic heterocycles. The summed E-state index contributed by atoms with van der Waals surface area (Å²) in [6, 6.07) is 11.6. The van der Waals surface area contributed by atoms with Gasteiger partial charge < -0.3 is 19.9 Å². The predicted molar refractivity (Wildman–Crippen MR) is 68.7 cm³/mol. The number of nitrogens with one attached hydrogen (secondary N) is 1. The van der Waals surface area contributed by atoms with Gasteiger partial charge in [0.2, 0.25) is 0 Å². The van der Waals surface area contributed by atoms with Crippen molar-refractivity contribution in [1.82, 2.24) is 0 Å². The molecule has 0 fully saturated rings. The average Bonchev–Trinajstić information content (AvgIpc) is 2.42. The first-order chi connectivity index (χ1) is 9.20. The molecule has 0 atom stereocenters. The zero-order valence-electron chi connectivity index (χ0n) is 9.92. The van der Waals surface area contributed by atoms with Gasteiger partial charge in [0.05, 0.1) is 5.69 Å². The molecule has 2 aromatic rings. The number of hydrogen-bond acceptors (Lipinski definition) is 4. The second-order valence-electron chi connectivity index (χ2n) is 4.09. The summed E-state index contributed by atoms with van der Waals surface area (Å²) in [5, 5.41) is 11.9. The van der Waals surface area contributed by atoms with Gasteiger partial charge in [-0.25, -0.2) is 0 Å². The van der Waals surface area contributed by atoms with Crippen LogP contribution in [0.15, 0.2) is 42.5 Å². The number of carbonyl (C=O) groups is 1. The van der Waals surface area contributed by atoms with E-state index in [1.807, 2.05) is 0 Å². The Bertz CT molecular complexity index is 622. The van der Waals surface area contributed by atoms with Gasteiger partial charge in [0.1, 0.15) is 23.0 Å². The molecule has 1 aliphatic heterocycles. The van der Waals surface area contributed by atoms with Gasteiger partial charge in [0, 0.05) is 6.07 Å². The van der Waals surface area contributed by atoms with Gasteiger partial charge >= 0.3 is 0 Å². The zero-order chi connectivity index (χ0) is 13.2. The molecule has 1 aliphatic rings. The van der Waals surface area contributed by atoms with Crippen molar-refractivity contribution >= 4 is 11.6 Å². The van der Waals surface area contributed by atoms with E-state index in [-0.39, 0.29) is 18.3 Å². The number of rotatable bonds is 2. The van der Waals surface area contributed by atoms with E-state index in [0.717, 1.165) is 0 Å². The van der Waals surface area contributed by atoms with Gasteiger partial charge in [-0.2, -0.15) is 0 Å². The highest BCUT2D eigenvalue weighted by Gasteiger charge is 2.16. The van der Waals surface area contributed by atoms with Gasteiger partial charge in [0.25, 0.3) is 5.91 Å². The van der Waals surface area contributed by atoms with Crippen LogP contribution >= 0.6 is 0 Å². The van der Waals surface area contributed by atoms with Crippen LogP contribution in [-0.2, 0) is 4.79 Å². The number of benzene rings is 2. The predicted octanol–water partition coefficient (Wildman–Crippen LogP) is 2.52. The van der Waals surface area contributed by atoms with Crippen LogP contribution < -0.4 is 14.8 Å². The lowest BCUT2D eigenvalue weighted by Crippen LogP contribution is -2.25. The summed E-state index contributed by atoms with van der Waals surface area (Å²) < 4.78 is 10.9. The molecule has 96 valence electrons. The number of ether oxygens (including phenoxy) is 2. The van der Waals surface area contributed by atoms with Gasteiger partial charge in [-0.05, 0) is 36.4 Å². The first kappa shape index (κ1) is 11.4.